The summed E-state index contributed by atoms with van der Waals surface area (Å²) in [5.74, 6) is 4.05. The number of carbonyl (C=O) groups excluding carboxylic acids is 1. The highest BCUT2D eigenvalue weighted by Gasteiger charge is 2.45. The minimum atomic E-state index is -4.10. The number of piperazine rings is 1. The smallest absolute Gasteiger partial charge is 0.324 e. The van der Waals surface area contributed by atoms with Gasteiger partial charge in [0.15, 0.2) is 0 Å². The van der Waals surface area contributed by atoms with Crippen LogP contribution in [-0.4, -0.2) is 77.6 Å². The van der Waals surface area contributed by atoms with Crippen LogP contribution in [0.15, 0.2) is 29.2 Å². The van der Waals surface area contributed by atoms with Crippen LogP contribution >= 0.6 is 0 Å². The molecule has 164 valence electrons. The summed E-state index contributed by atoms with van der Waals surface area (Å²) in [5.41, 5.74) is 0. The van der Waals surface area contributed by atoms with Gasteiger partial charge in [-0.1, -0.05) is 18.8 Å². The summed E-state index contributed by atoms with van der Waals surface area (Å²) < 4.78 is 32.5. The predicted octanol–water partition coefficient (Wildman–Crippen LogP) is 0.534. The van der Waals surface area contributed by atoms with E-state index >= 15 is 0 Å². The SMILES string of the molecule is CCC(O)C#CCOc1ccc(S(=O)(=O)N2CCN(C(C)=O)C(C)C2C(=O)O)cc1. The van der Waals surface area contributed by atoms with Gasteiger partial charge in [-0.3, -0.25) is 9.59 Å². The molecule has 0 aliphatic carbocycles. The van der Waals surface area contributed by atoms with E-state index in [2.05, 4.69) is 11.8 Å². The largest absolute Gasteiger partial charge is 0.481 e. The van der Waals surface area contributed by atoms with Crippen molar-refractivity contribution in [2.75, 3.05) is 19.7 Å². The Balaban J connectivity index is 2.18. The normalized spacial score (nSPS) is 20.7. The Labute approximate surface area is 176 Å². The van der Waals surface area contributed by atoms with Crippen LogP contribution in [0.2, 0.25) is 0 Å². The molecule has 1 aromatic carbocycles. The fourth-order valence-corrected chi connectivity index (χ4v) is 4.87. The van der Waals surface area contributed by atoms with Crippen LogP contribution in [0.5, 0.6) is 5.75 Å². The summed E-state index contributed by atoms with van der Waals surface area (Å²) >= 11 is 0. The molecule has 0 radical (unpaired) electrons. The Morgan fingerprint density at radius 3 is 2.43 bits per heavy atom. The molecule has 9 nitrogen and oxygen atoms in total. The summed E-state index contributed by atoms with van der Waals surface area (Å²) in [5, 5.41) is 19.0. The van der Waals surface area contributed by atoms with Crippen LogP contribution in [0.4, 0.5) is 0 Å². The van der Waals surface area contributed by atoms with E-state index in [-0.39, 0.29) is 30.5 Å². The van der Waals surface area contributed by atoms with Crippen molar-refractivity contribution in [3.8, 4) is 17.6 Å². The lowest BCUT2D eigenvalue weighted by Gasteiger charge is -2.43. The van der Waals surface area contributed by atoms with Crippen molar-refractivity contribution >= 4 is 21.9 Å². The second-order valence-corrected chi connectivity index (χ2v) is 8.75. The predicted molar refractivity (Wildman–Crippen MR) is 108 cm³/mol. The van der Waals surface area contributed by atoms with E-state index in [4.69, 9.17) is 4.74 Å². The second kappa shape index (κ2) is 9.93. The fourth-order valence-electron chi connectivity index (χ4n) is 3.23. The highest BCUT2D eigenvalue weighted by molar-refractivity contribution is 7.89. The third-order valence-corrected chi connectivity index (χ3v) is 6.77. The molecule has 2 rings (SSSR count). The monoisotopic (exact) mass is 438 g/mol. The molecule has 3 unspecified atom stereocenters. The average Bonchev–Trinajstić information content (AvgIpc) is 2.70. The van der Waals surface area contributed by atoms with Gasteiger partial charge in [-0.05, 0) is 37.6 Å². The van der Waals surface area contributed by atoms with Crippen molar-refractivity contribution in [3.63, 3.8) is 0 Å². The van der Waals surface area contributed by atoms with Gasteiger partial charge in [-0.2, -0.15) is 4.31 Å². The summed E-state index contributed by atoms with van der Waals surface area (Å²) in [6, 6.07) is 3.39. The molecular weight excluding hydrogens is 412 g/mol. The van der Waals surface area contributed by atoms with Crippen LogP contribution < -0.4 is 4.74 Å². The first kappa shape index (κ1) is 23.7. The zero-order valence-corrected chi connectivity index (χ0v) is 17.9. The van der Waals surface area contributed by atoms with E-state index in [9.17, 15) is 28.2 Å². The van der Waals surface area contributed by atoms with Gasteiger partial charge in [0.2, 0.25) is 15.9 Å². The van der Waals surface area contributed by atoms with Gasteiger partial charge in [0, 0.05) is 20.0 Å². The van der Waals surface area contributed by atoms with Crippen LogP contribution in [0.3, 0.4) is 0 Å². The molecule has 1 fully saturated rings. The van der Waals surface area contributed by atoms with Crippen molar-refractivity contribution < 1.29 is 33.0 Å². The molecule has 0 saturated carbocycles. The van der Waals surface area contributed by atoms with Crippen LogP contribution in [-0.2, 0) is 19.6 Å². The number of nitrogens with zero attached hydrogens (tertiary/aromatic N) is 2. The van der Waals surface area contributed by atoms with Crippen LogP contribution in [0, 0.1) is 11.8 Å². The molecule has 1 aliphatic heterocycles. The molecule has 10 heteroatoms. The second-order valence-electron chi connectivity index (χ2n) is 6.86. The maximum absolute atomic E-state index is 13.1. The fraction of sp³-hybridized carbons (Fsp3) is 0.500. The third-order valence-electron chi connectivity index (χ3n) is 4.87. The number of hydrogen-bond donors (Lipinski definition) is 2. The van der Waals surface area contributed by atoms with Gasteiger partial charge in [0.25, 0.3) is 0 Å². The lowest BCUT2D eigenvalue weighted by molar-refractivity contribution is -0.148. The van der Waals surface area contributed by atoms with E-state index in [1.807, 2.05) is 0 Å². The van der Waals surface area contributed by atoms with Crippen molar-refractivity contribution in [1.82, 2.24) is 9.21 Å². The van der Waals surface area contributed by atoms with E-state index in [1.54, 1.807) is 6.92 Å². The number of hydrogen-bond acceptors (Lipinski definition) is 6. The lowest BCUT2D eigenvalue weighted by Crippen LogP contribution is -2.63. The molecule has 1 aromatic rings. The van der Waals surface area contributed by atoms with E-state index < -0.39 is 34.2 Å². The third kappa shape index (κ3) is 5.30. The maximum Gasteiger partial charge on any atom is 0.324 e. The number of carbonyl (C=O) groups is 2. The van der Waals surface area contributed by atoms with E-state index in [0.29, 0.717) is 12.2 Å². The Morgan fingerprint density at radius 1 is 1.27 bits per heavy atom. The molecule has 0 spiro atoms. The molecule has 30 heavy (non-hydrogen) atoms. The zero-order chi connectivity index (χ0) is 22.5. The number of amides is 1. The first-order valence-electron chi connectivity index (χ1n) is 9.50. The molecular formula is C20H26N2O7S. The Hall–Kier alpha value is -2.61. The van der Waals surface area contributed by atoms with Gasteiger partial charge >= 0.3 is 5.97 Å². The number of ether oxygens (including phenoxy) is 1. The number of carboxylic acids is 1. The quantitative estimate of drug-likeness (QED) is 0.621. The highest BCUT2D eigenvalue weighted by Crippen LogP contribution is 2.26. The van der Waals surface area contributed by atoms with Crippen molar-refractivity contribution in [2.45, 2.75) is 50.3 Å². The molecule has 2 N–H and O–H groups in total. The maximum atomic E-state index is 13.1. The van der Waals surface area contributed by atoms with E-state index in [0.717, 1.165) is 4.31 Å². The number of aliphatic hydroxyl groups excluding tert-OH is 1. The van der Waals surface area contributed by atoms with Crippen molar-refractivity contribution in [1.29, 1.82) is 0 Å². The molecule has 1 aliphatic rings. The number of aliphatic hydroxyl groups is 1. The zero-order valence-electron chi connectivity index (χ0n) is 17.1. The topological polar surface area (TPSA) is 124 Å². The van der Waals surface area contributed by atoms with Crippen molar-refractivity contribution in [3.05, 3.63) is 24.3 Å². The molecule has 1 heterocycles. The minimum absolute atomic E-state index is 0.0365. The number of carboxylic acid groups (broad SMARTS) is 1. The molecule has 0 aromatic heterocycles. The number of rotatable bonds is 6. The van der Waals surface area contributed by atoms with Crippen LogP contribution in [0.25, 0.3) is 0 Å². The summed E-state index contributed by atoms with van der Waals surface area (Å²) in [6.07, 6.45) is -0.204. The first-order chi connectivity index (χ1) is 14.1. The summed E-state index contributed by atoms with van der Waals surface area (Å²) in [6.45, 7) is 4.69. The van der Waals surface area contributed by atoms with Gasteiger partial charge in [0.05, 0.1) is 10.9 Å². The van der Waals surface area contributed by atoms with E-state index in [1.165, 1.54) is 43.0 Å². The number of aliphatic carboxylic acids is 1. The molecule has 1 amide bonds. The molecule has 3 atom stereocenters. The van der Waals surface area contributed by atoms with Gasteiger partial charge in [0.1, 0.15) is 24.5 Å². The molecule has 1 saturated heterocycles. The van der Waals surface area contributed by atoms with Gasteiger partial charge in [-0.15, -0.1) is 0 Å². The summed E-state index contributed by atoms with van der Waals surface area (Å²) in [4.78, 5) is 24.8. The highest BCUT2D eigenvalue weighted by atomic mass is 32.2. The van der Waals surface area contributed by atoms with Crippen molar-refractivity contribution in [2.24, 2.45) is 0 Å². The standard InChI is InChI=1S/C20H26N2O7S/c1-4-16(24)6-5-13-29-17-7-9-18(10-8-17)30(27,28)22-12-11-21(15(3)23)14(2)19(22)20(25)26/h7-10,14,16,19,24H,4,11-13H2,1-3H3,(H,25,26). The average molecular weight is 439 g/mol. The Bertz CT molecular complexity index is 934. The Morgan fingerprint density at radius 2 is 1.90 bits per heavy atom. The number of benzene rings is 1. The van der Waals surface area contributed by atoms with Gasteiger partial charge in [-0.25, -0.2) is 8.42 Å². The summed E-state index contributed by atoms with van der Waals surface area (Å²) in [7, 11) is -4.10. The van der Waals surface area contributed by atoms with Crippen LogP contribution in [0.1, 0.15) is 27.2 Å². The Kier molecular flexibility index (Phi) is 7.83. The van der Waals surface area contributed by atoms with Gasteiger partial charge < -0.3 is 19.8 Å². The first-order valence-corrected chi connectivity index (χ1v) is 10.9. The minimum Gasteiger partial charge on any atom is -0.481 e. The molecule has 0 bridgehead atoms. The number of sulfonamides is 1. The lowest BCUT2D eigenvalue weighted by atomic mass is 10.1.